The van der Waals surface area contributed by atoms with Crippen LogP contribution in [0.15, 0.2) is 36.7 Å². The van der Waals surface area contributed by atoms with Gasteiger partial charge < -0.3 is 15.7 Å². The highest BCUT2D eigenvalue weighted by molar-refractivity contribution is 5.88. The van der Waals surface area contributed by atoms with Crippen LogP contribution in [0.3, 0.4) is 0 Å². The molecule has 0 radical (unpaired) electrons. The number of nitrogens with zero attached hydrogens (tertiary/aromatic N) is 3. The number of fused-ring (bicyclic) bond motifs is 2. The van der Waals surface area contributed by atoms with Gasteiger partial charge in [-0.25, -0.2) is 9.97 Å². The molecule has 2 heterocycles. The van der Waals surface area contributed by atoms with Crippen molar-refractivity contribution in [2.24, 2.45) is 0 Å². The lowest BCUT2D eigenvalue weighted by molar-refractivity contribution is 0.311. The fourth-order valence-corrected chi connectivity index (χ4v) is 3.11. The quantitative estimate of drug-likeness (QED) is 0.442. The van der Waals surface area contributed by atoms with Crippen molar-refractivity contribution in [2.75, 3.05) is 23.8 Å². The SMILES string of the molecule is Cc1cc(Nc2ncc3ccc(NCCO)c(C)c3n2)cc2[nH]ncc12. The summed E-state index contributed by atoms with van der Waals surface area (Å²) in [6.45, 7) is 4.66. The smallest absolute Gasteiger partial charge is 0.227 e. The van der Waals surface area contributed by atoms with Crippen molar-refractivity contribution < 1.29 is 5.11 Å². The molecule has 7 heteroatoms. The molecule has 0 aliphatic rings. The minimum atomic E-state index is 0.0868. The summed E-state index contributed by atoms with van der Waals surface area (Å²) < 4.78 is 0. The van der Waals surface area contributed by atoms with Gasteiger partial charge in [-0.05, 0) is 49.2 Å². The Labute approximate surface area is 150 Å². The first-order chi connectivity index (χ1) is 12.7. The molecule has 0 fully saturated rings. The maximum Gasteiger partial charge on any atom is 0.227 e. The van der Waals surface area contributed by atoms with E-state index < -0.39 is 0 Å². The zero-order valence-corrected chi connectivity index (χ0v) is 14.7. The van der Waals surface area contributed by atoms with E-state index in [1.807, 2.05) is 44.4 Å². The van der Waals surface area contributed by atoms with Gasteiger partial charge in [-0.2, -0.15) is 5.10 Å². The summed E-state index contributed by atoms with van der Waals surface area (Å²) in [6, 6.07) is 8.01. The Morgan fingerprint density at radius 1 is 1.15 bits per heavy atom. The molecule has 0 saturated carbocycles. The molecule has 2 aromatic heterocycles. The third kappa shape index (κ3) is 2.93. The van der Waals surface area contributed by atoms with Crippen LogP contribution >= 0.6 is 0 Å². The fraction of sp³-hybridized carbons (Fsp3) is 0.211. The second-order valence-electron chi connectivity index (χ2n) is 6.27. The van der Waals surface area contributed by atoms with Crippen molar-refractivity contribution in [2.45, 2.75) is 13.8 Å². The van der Waals surface area contributed by atoms with E-state index >= 15 is 0 Å². The lowest BCUT2D eigenvalue weighted by Crippen LogP contribution is -2.07. The molecule has 2 aromatic carbocycles. The Balaban J connectivity index is 1.70. The molecule has 0 atom stereocenters. The Hall–Kier alpha value is -3.19. The monoisotopic (exact) mass is 348 g/mol. The molecule has 0 amide bonds. The van der Waals surface area contributed by atoms with E-state index in [-0.39, 0.29) is 6.61 Å². The highest BCUT2D eigenvalue weighted by Crippen LogP contribution is 2.26. The number of aryl methyl sites for hydroxylation is 2. The van der Waals surface area contributed by atoms with Crippen LogP contribution in [0, 0.1) is 13.8 Å². The third-order valence-corrected chi connectivity index (χ3v) is 4.45. The normalized spacial score (nSPS) is 11.2. The number of rotatable bonds is 5. The van der Waals surface area contributed by atoms with Gasteiger partial charge >= 0.3 is 0 Å². The Kier molecular flexibility index (Phi) is 4.14. The van der Waals surface area contributed by atoms with Crippen molar-refractivity contribution in [3.8, 4) is 0 Å². The van der Waals surface area contributed by atoms with Crippen molar-refractivity contribution in [1.29, 1.82) is 0 Å². The zero-order chi connectivity index (χ0) is 18.1. The van der Waals surface area contributed by atoms with Gasteiger partial charge in [0.1, 0.15) is 0 Å². The van der Waals surface area contributed by atoms with Gasteiger partial charge in [0.25, 0.3) is 0 Å². The van der Waals surface area contributed by atoms with E-state index in [4.69, 9.17) is 5.11 Å². The van der Waals surface area contributed by atoms with Crippen LogP contribution in [-0.4, -0.2) is 38.4 Å². The maximum absolute atomic E-state index is 9.02. The van der Waals surface area contributed by atoms with E-state index in [9.17, 15) is 0 Å². The summed E-state index contributed by atoms with van der Waals surface area (Å²) in [6.07, 6.45) is 3.64. The van der Waals surface area contributed by atoms with E-state index in [0.717, 1.165) is 44.3 Å². The number of aromatic nitrogens is 4. The van der Waals surface area contributed by atoms with Gasteiger partial charge in [0.15, 0.2) is 0 Å². The lowest BCUT2D eigenvalue weighted by Gasteiger charge is -2.12. The van der Waals surface area contributed by atoms with Crippen LogP contribution in [0.25, 0.3) is 21.8 Å². The minimum Gasteiger partial charge on any atom is -0.395 e. The lowest BCUT2D eigenvalue weighted by atomic mass is 10.1. The molecule has 132 valence electrons. The average molecular weight is 348 g/mol. The number of aliphatic hydroxyl groups excluding tert-OH is 1. The van der Waals surface area contributed by atoms with Crippen LogP contribution in [0.4, 0.5) is 17.3 Å². The number of hydrogen-bond acceptors (Lipinski definition) is 6. The van der Waals surface area contributed by atoms with Gasteiger partial charge in [0.05, 0.1) is 23.8 Å². The predicted molar refractivity (Wildman–Crippen MR) is 104 cm³/mol. The molecule has 4 aromatic rings. The Bertz CT molecular complexity index is 1090. The second-order valence-corrected chi connectivity index (χ2v) is 6.27. The van der Waals surface area contributed by atoms with Gasteiger partial charge in [0, 0.05) is 34.9 Å². The molecule has 0 saturated heterocycles. The summed E-state index contributed by atoms with van der Waals surface area (Å²) in [7, 11) is 0. The van der Waals surface area contributed by atoms with Crippen molar-refractivity contribution in [1.82, 2.24) is 20.2 Å². The van der Waals surface area contributed by atoms with Crippen molar-refractivity contribution in [3.63, 3.8) is 0 Å². The first kappa shape index (κ1) is 16.3. The number of benzene rings is 2. The summed E-state index contributed by atoms with van der Waals surface area (Å²) in [5.41, 5.74) is 5.88. The molecule has 4 N–H and O–H groups in total. The largest absolute Gasteiger partial charge is 0.395 e. The molecular formula is C19H20N6O. The van der Waals surface area contributed by atoms with Gasteiger partial charge in [0.2, 0.25) is 5.95 Å². The molecule has 26 heavy (non-hydrogen) atoms. The van der Waals surface area contributed by atoms with Crippen LogP contribution < -0.4 is 10.6 Å². The predicted octanol–water partition coefficient (Wildman–Crippen LogP) is 3.27. The van der Waals surface area contributed by atoms with E-state index in [1.165, 1.54) is 0 Å². The molecule has 7 nitrogen and oxygen atoms in total. The zero-order valence-electron chi connectivity index (χ0n) is 14.7. The third-order valence-electron chi connectivity index (χ3n) is 4.45. The van der Waals surface area contributed by atoms with E-state index in [1.54, 1.807) is 0 Å². The van der Waals surface area contributed by atoms with Crippen LogP contribution in [-0.2, 0) is 0 Å². The number of anilines is 3. The summed E-state index contributed by atoms with van der Waals surface area (Å²) >= 11 is 0. The minimum absolute atomic E-state index is 0.0868. The molecule has 4 rings (SSSR count). The average Bonchev–Trinajstić information content (AvgIpc) is 3.11. The molecule has 0 unspecified atom stereocenters. The standard InChI is InChI=1S/C19H20N6O/c1-11-7-14(8-17-15(11)10-22-25-17)23-19-21-9-13-3-4-16(20-5-6-26)12(2)18(13)24-19/h3-4,7-10,20,26H,5-6H2,1-2H3,(H,22,25)(H,21,23,24). The van der Waals surface area contributed by atoms with Gasteiger partial charge in [-0.1, -0.05) is 0 Å². The molecule has 0 aliphatic heterocycles. The number of aromatic amines is 1. The fourth-order valence-electron chi connectivity index (χ4n) is 3.11. The summed E-state index contributed by atoms with van der Waals surface area (Å²) in [5.74, 6) is 0.540. The first-order valence-corrected chi connectivity index (χ1v) is 8.47. The first-order valence-electron chi connectivity index (χ1n) is 8.47. The van der Waals surface area contributed by atoms with E-state index in [2.05, 4.69) is 36.9 Å². The van der Waals surface area contributed by atoms with E-state index in [0.29, 0.717) is 12.5 Å². The van der Waals surface area contributed by atoms with Crippen LogP contribution in [0.1, 0.15) is 11.1 Å². The molecule has 0 aliphatic carbocycles. The second kappa shape index (κ2) is 6.61. The Morgan fingerprint density at radius 3 is 2.88 bits per heavy atom. The number of nitrogens with one attached hydrogen (secondary N) is 3. The Morgan fingerprint density at radius 2 is 2.04 bits per heavy atom. The molecular weight excluding hydrogens is 328 g/mol. The number of H-pyrrole nitrogens is 1. The number of hydrogen-bond donors (Lipinski definition) is 4. The highest BCUT2D eigenvalue weighted by Gasteiger charge is 2.08. The summed E-state index contributed by atoms with van der Waals surface area (Å²) in [4.78, 5) is 9.11. The summed E-state index contributed by atoms with van der Waals surface area (Å²) in [5, 5.41) is 24.7. The van der Waals surface area contributed by atoms with Gasteiger partial charge in [-0.3, -0.25) is 5.10 Å². The van der Waals surface area contributed by atoms with Crippen molar-refractivity contribution >= 4 is 39.1 Å². The maximum atomic E-state index is 9.02. The van der Waals surface area contributed by atoms with Gasteiger partial charge in [-0.15, -0.1) is 0 Å². The molecule has 0 bridgehead atoms. The van der Waals surface area contributed by atoms with Crippen LogP contribution in [0.2, 0.25) is 0 Å². The van der Waals surface area contributed by atoms with Crippen LogP contribution in [0.5, 0.6) is 0 Å². The topological polar surface area (TPSA) is 98.8 Å². The molecule has 0 spiro atoms. The van der Waals surface area contributed by atoms with Crippen molar-refractivity contribution in [3.05, 3.63) is 47.8 Å². The highest BCUT2D eigenvalue weighted by atomic mass is 16.3. The number of aliphatic hydroxyl groups is 1.